The summed E-state index contributed by atoms with van der Waals surface area (Å²) in [4.78, 5) is 16.8. The third-order valence-electron chi connectivity index (χ3n) is 6.01. The second-order valence-electron chi connectivity index (χ2n) is 8.43. The van der Waals surface area contributed by atoms with Crippen molar-refractivity contribution in [2.75, 3.05) is 6.54 Å². The van der Waals surface area contributed by atoms with Crippen molar-refractivity contribution in [1.29, 1.82) is 0 Å². The minimum absolute atomic E-state index is 0.252. The maximum absolute atomic E-state index is 12.2. The minimum Gasteiger partial charge on any atom is -0.456 e. The maximum Gasteiger partial charge on any atom is 0.310 e. The van der Waals surface area contributed by atoms with Gasteiger partial charge in [0.2, 0.25) is 0 Å². The summed E-state index contributed by atoms with van der Waals surface area (Å²) in [7, 11) is 0. The lowest BCUT2D eigenvalue weighted by atomic mass is 9.90. The van der Waals surface area contributed by atoms with E-state index in [1.807, 2.05) is 37.3 Å². The lowest BCUT2D eigenvalue weighted by Gasteiger charge is -2.19. The van der Waals surface area contributed by atoms with Gasteiger partial charge in [-0.3, -0.25) is 9.79 Å². The molecular weight excluding hydrogens is 410 g/mol. The Morgan fingerprint density at radius 2 is 1.76 bits per heavy atom. The third-order valence-corrected chi connectivity index (χ3v) is 6.01. The standard InChI is InChI=1S/C29H31NO3/c1-6-11-20-16-26-22(14-18(20)4)29(21-12-9-10-13-25(21)33-28(31)7-2)23-15-19(5)24(30-8-3)17-27(23)32-26/h9-10,12-17H,6-8,11H2,1-5H3. The molecule has 0 saturated carbocycles. The van der Waals surface area contributed by atoms with Gasteiger partial charge in [-0.1, -0.05) is 38.5 Å². The molecule has 0 unspecified atom stereocenters. The Hall–Kier alpha value is -3.40. The van der Waals surface area contributed by atoms with Crippen molar-refractivity contribution in [2.45, 2.75) is 53.9 Å². The van der Waals surface area contributed by atoms with Gasteiger partial charge in [0.05, 0.1) is 5.36 Å². The molecule has 2 aliphatic rings. The van der Waals surface area contributed by atoms with E-state index in [4.69, 9.17) is 9.15 Å². The van der Waals surface area contributed by atoms with Gasteiger partial charge < -0.3 is 9.15 Å². The molecule has 1 heterocycles. The Morgan fingerprint density at radius 1 is 0.970 bits per heavy atom. The molecule has 0 radical (unpaired) electrons. The molecule has 0 N–H and O–H groups in total. The quantitative estimate of drug-likeness (QED) is 0.184. The Morgan fingerprint density at radius 3 is 2.48 bits per heavy atom. The fraction of sp³-hybridized carbons (Fsp3) is 0.310. The highest BCUT2D eigenvalue weighted by Crippen LogP contribution is 2.44. The van der Waals surface area contributed by atoms with Gasteiger partial charge in [-0.15, -0.1) is 0 Å². The number of esters is 1. The summed E-state index contributed by atoms with van der Waals surface area (Å²) < 4.78 is 12.2. The molecule has 0 spiro atoms. The highest BCUT2D eigenvalue weighted by Gasteiger charge is 2.22. The maximum atomic E-state index is 12.2. The van der Waals surface area contributed by atoms with E-state index in [0.717, 1.165) is 57.2 Å². The Balaban J connectivity index is 2.13. The van der Waals surface area contributed by atoms with E-state index in [2.05, 4.69) is 44.0 Å². The molecule has 0 saturated heterocycles. The monoisotopic (exact) mass is 441 g/mol. The van der Waals surface area contributed by atoms with Crippen LogP contribution in [0.1, 0.15) is 50.3 Å². The zero-order valence-corrected chi connectivity index (χ0v) is 20.1. The summed E-state index contributed by atoms with van der Waals surface area (Å²) in [5, 5.41) is 1.95. The molecule has 33 heavy (non-hydrogen) atoms. The van der Waals surface area contributed by atoms with E-state index in [0.29, 0.717) is 18.7 Å². The fourth-order valence-electron chi connectivity index (χ4n) is 4.36. The first kappa shape index (κ1) is 22.8. The number of hydrogen-bond acceptors (Lipinski definition) is 4. The number of para-hydroxylation sites is 1. The van der Waals surface area contributed by atoms with Crippen LogP contribution in [0, 0.1) is 13.8 Å². The highest BCUT2D eigenvalue weighted by molar-refractivity contribution is 6.04. The van der Waals surface area contributed by atoms with E-state index in [9.17, 15) is 4.79 Å². The number of carbonyl (C=O) groups is 1. The SMILES string of the molecule is CCCc1cc2oc3cc(=NCC)c(C)cc-3c(-c3ccccc3OC(=O)CC)c2cc1C. The van der Waals surface area contributed by atoms with Crippen LogP contribution in [-0.2, 0) is 11.2 Å². The summed E-state index contributed by atoms with van der Waals surface area (Å²) in [5.41, 5.74) is 7.32. The van der Waals surface area contributed by atoms with Crippen LogP contribution in [0.25, 0.3) is 33.4 Å². The molecule has 0 atom stereocenters. The smallest absolute Gasteiger partial charge is 0.310 e. The summed E-state index contributed by atoms with van der Waals surface area (Å²) in [6.07, 6.45) is 2.39. The van der Waals surface area contributed by atoms with Gasteiger partial charge in [0.1, 0.15) is 17.1 Å². The van der Waals surface area contributed by atoms with Gasteiger partial charge in [0.15, 0.2) is 0 Å². The van der Waals surface area contributed by atoms with E-state index >= 15 is 0 Å². The van der Waals surface area contributed by atoms with Crippen LogP contribution in [0.2, 0.25) is 0 Å². The predicted octanol–water partition coefficient (Wildman–Crippen LogP) is 7.01. The largest absolute Gasteiger partial charge is 0.456 e. The highest BCUT2D eigenvalue weighted by atomic mass is 16.5. The zero-order valence-electron chi connectivity index (χ0n) is 20.1. The van der Waals surface area contributed by atoms with Crippen LogP contribution >= 0.6 is 0 Å². The van der Waals surface area contributed by atoms with Crippen LogP contribution in [0.15, 0.2) is 57.9 Å². The van der Waals surface area contributed by atoms with E-state index < -0.39 is 0 Å². The average molecular weight is 442 g/mol. The minimum atomic E-state index is -0.252. The molecule has 2 aromatic carbocycles. The second-order valence-corrected chi connectivity index (χ2v) is 8.43. The Bertz CT molecular complexity index is 1360. The number of rotatable bonds is 6. The lowest BCUT2D eigenvalue weighted by Crippen LogP contribution is -2.10. The molecule has 1 aliphatic carbocycles. The number of nitrogens with zero attached hydrogens (tertiary/aromatic N) is 1. The first-order valence-electron chi connectivity index (χ1n) is 11.8. The van der Waals surface area contributed by atoms with Gasteiger partial charge in [0.25, 0.3) is 0 Å². The Labute approximate surface area is 195 Å². The number of fused-ring (bicyclic) bond motifs is 2. The summed E-state index contributed by atoms with van der Waals surface area (Å²) in [6, 6.07) is 16.3. The number of hydrogen-bond donors (Lipinski definition) is 0. The third kappa shape index (κ3) is 4.43. The van der Waals surface area contributed by atoms with Crippen molar-refractivity contribution in [3.05, 3.63) is 70.6 Å². The summed E-state index contributed by atoms with van der Waals surface area (Å²) in [6.45, 7) is 11.0. The number of benzene rings is 3. The fourth-order valence-corrected chi connectivity index (χ4v) is 4.36. The van der Waals surface area contributed by atoms with Gasteiger partial charge >= 0.3 is 5.97 Å². The molecule has 4 rings (SSSR count). The molecule has 4 nitrogen and oxygen atoms in total. The van der Waals surface area contributed by atoms with Crippen LogP contribution in [0.5, 0.6) is 5.75 Å². The van der Waals surface area contributed by atoms with Gasteiger partial charge in [-0.2, -0.15) is 0 Å². The molecule has 1 aliphatic heterocycles. The van der Waals surface area contributed by atoms with Crippen LogP contribution in [-0.4, -0.2) is 12.5 Å². The van der Waals surface area contributed by atoms with Crippen molar-refractivity contribution in [1.82, 2.24) is 0 Å². The van der Waals surface area contributed by atoms with Crippen LogP contribution < -0.4 is 10.1 Å². The normalized spacial score (nSPS) is 12.0. The first-order valence-corrected chi connectivity index (χ1v) is 11.8. The Kier molecular flexibility index (Phi) is 6.64. The van der Waals surface area contributed by atoms with Crippen molar-refractivity contribution in [3.8, 4) is 28.2 Å². The van der Waals surface area contributed by atoms with Crippen molar-refractivity contribution in [2.24, 2.45) is 4.99 Å². The van der Waals surface area contributed by atoms with Gasteiger partial charge in [-0.05, 0) is 68.1 Å². The van der Waals surface area contributed by atoms with E-state index in [-0.39, 0.29) is 5.97 Å². The predicted molar refractivity (Wildman–Crippen MR) is 134 cm³/mol. The van der Waals surface area contributed by atoms with E-state index in [1.165, 1.54) is 11.1 Å². The van der Waals surface area contributed by atoms with Crippen LogP contribution in [0.4, 0.5) is 0 Å². The summed E-state index contributed by atoms with van der Waals surface area (Å²) >= 11 is 0. The first-order chi connectivity index (χ1) is 16.0. The lowest BCUT2D eigenvalue weighted by molar-refractivity contribution is -0.133. The van der Waals surface area contributed by atoms with Gasteiger partial charge in [-0.25, -0.2) is 0 Å². The average Bonchev–Trinajstić information content (AvgIpc) is 2.80. The van der Waals surface area contributed by atoms with Crippen molar-refractivity contribution < 1.29 is 13.9 Å². The van der Waals surface area contributed by atoms with Crippen LogP contribution in [0.3, 0.4) is 0 Å². The number of aryl methyl sites for hydroxylation is 3. The number of carbonyl (C=O) groups excluding carboxylic acids is 1. The molecule has 0 aromatic heterocycles. The molecule has 170 valence electrons. The topological polar surface area (TPSA) is 51.8 Å². The van der Waals surface area contributed by atoms with Gasteiger partial charge in [0, 0.05) is 41.1 Å². The second kappa shape index (κ2) is 9.62. The van der Waals surface area contributed by atoms with E-state index in [1.54, 1.807) is 6.92 Å². The molecule has 0 amide bonds. The summed E-state index contributed by atoms with van der Waals surface area (Å²) in [5.74, 6) is 1.09. The zero-order chi connectivity index (χ0) is 23.5. The number of ether oxygens (including phenoxy) is 1. The van der Waals surface area contributed by atoms with Crippen molar-refractivity contribution in [3.63, 3.8) is 0 Å². The molecular formula is C29H31NO3. The molecule has 0 fully saturated rings. The molecule has 0 bridgehead atoms. The van der Waals surface area contributed by atoms with Crippen molar-refractivity contribution >= 4 is 16.9 Å². The molecule has 4 heteroatoms. The molecule has 2 aromatic rings.